The summed E-state index contributed by atoms with van der Waals surface area (Å²) in [5.74, 6) is -0.00767. The third-order valence-electron chi connectivity index (χ3n) is 3.30. The Labute approximate surface area is 122 Å². The quantitative estimate of drug-likeness (QED) is 0.651. The highest BCUT2D eigenvalue weighted by Crippen LogP contribution is 2.20. The minimum absolute atomic E-state index is 0.00767. The lowest BCUT2D eigenvalue weighted by molar-refractivity contribution is 0.103. The molecule has 0 atom stereocenters. The maximum absolute atomic E-state index is 12.6. The fourth-order valence-electron chi connectivity index (χ4n) is 2.25. The van der Waals surface area contributed by atoms with Gasteiger partial charge in [0.25, 0.3) is 0 Å². The van der Waals surface area contributed by atoms with Crippen LogP contribution in [-0.2, 0) is 0 Å². The number of nitrogens with zero attached hydrogens (tertiary/aromatic N) is 1. The summed E-state index contributed by atoms with van der Waals surface area (Å²) in [5, 5.41) is 1.66. The first-order valence-electron chi connectivity index (χ1n) is 6.31. The van der Waals surface area contributed by atoms with Crippen LogP contribution in [0.5, 0.6) is 0 Å². The Morgan fingerprint density at radius 2 is 1.95 bits per heavy atom. The predicted molar refractivity (Wildman–Crippen MR) is 81.4 cm³/mol. The van der Waals surface area contributed by atoms with Gasteiger partial charge in [0.1, 0.15) is 0 Å². The minimum Gasteiger partial charge on any atom is -0.289 e. The summed E-state index contributed by atoms with van der Waals surface area (Å²) in [7, 11) is 0. The number of ketones is 1. The average molecular weight is 282 g/mol. The molecule has 1 heterocycles. The van der Waals surface area contributed by atoms with Crippen molar-refractivity contribution < 1.29 is 4.79 Å². The van der Waals surface area contributed by atoms with Gasteiger partial charge in [-0.15, -0.1) is 0 Å². The monoisotopic (exact) mass is 281 g/mol. The zero-order chi connectivity index (χ0) is 14.1. The third-order valence-corrected chi connectivity index (χ3v) is 3.54. The number of benzene rings is 2. The van der Waals surface area contributed by atoms with E-state index in [4.69, 9.17) is 11.6 Å². The van der Waals surface area contributed by atoms with Crippen LogP contribution in [0, 0.1) is 6.92 Å². The summed E-state index contributed by atoms with van der Waals surface area (Å²) in [6.45, 7) is 1.89. The minimum atomic E-state index is -0.00767. The van der Waals surface area contributed by atoms with Crippen molar-refractivity contribution in [3.63, 3.8) is 0 Å². The highest BCUT2D eigenvalue weighted by atomic mass is 35.5. The fourth-order valence-corrected chi connectivity index (χ4v) is 2.47. The molecule has 3 aromatic rings. The zero-order valence-corrected chi connectivity index (χ0v) is 11.7. The van der Waals surface area contributed by atoms with E-state index in [9.17, 15) is 4.79 Å². The Kier molecular flexibility index (Phi) is 3.25. The molecular formula is C17H12ClNO. The van der Waals surface area contributed by atoms with Crippen LogP contribution in [0.3, 0.4) is 0 Å². The summed E-state index contributed by atoms with van der Waals surface area (Å²) in [6, 6.07) is 14.7. The summed E-state index contributed by atoms with van der Waals surface area (Å²) < 4.78 is 0. The van der Waals surface area contributed by atoms with Crippen LogP contribution in [0.2, 0.25) is 5.02 Å². The van der Waals surface area contributed by atoms with Gasteiger partial charge in [0.15, 0.2) is 5.78 Å². The second-order valence-electron chi connectivity index (χ2n) is 4.70. The molecule has 3 heteroatoms. The summed E-state index contributed by atoms with van der Waals surface area (Å²) in [5.41, 5.74) is 3.01. The maximum Gasteiger partial charge on any atom is 0.193 e. The Balaban J connectivity index is 2.08. The molecule has 1 aromatic heterocycles. The van der Waals surface area contributed by atoms with Gasteiger partial charge in [0, 0.05) is 27.7 Å². The number of pyridine rings is 1. The molecule has 0 N–H and O–H groups in total. The third kappa shape index (κ3) is 2.30. The summed E-state index contributed by atoms with van der Waals surface area (Å²) in [6.07, 6.45) is 1.73. The first-order valence-corrected chi connectivity index (χ1v) is 6.68. The van der Waals surface area contributed by atoms with Crippen molar-refractivity contribution in [1.82, 2.24) is 4.98 Å². The molecule has 0 bridgehead atoms. The number of hydrogen-bond donors (Lipinski definition) is 0. The van der Waals surface area contributed by atoms with Crippen molar-refractivity contribution in [2.75, 3.05) is 0 Å². The molecule has 0 aliphatic rings. The smallest absolute Gasteiger partial charge is 0.193 e. The van der Waals surface area contributed by atoms with Crippen molar-refractivity contribution >= 4 is 28.3 Å². The predicted octanol–water partition coefficient (Wildman–Crippen LogP) is 4.43. The van der Waals surface area contributed by atoms with Crippen LogP contribution in [0.4, 0.5) is 0 Å². The van der Waals surface area contributed by atoms with E-state index in [2.05, 4.69) is 4.98 Å². The number of aromatic nitrogens is 1. The molecule has 0 spiro atoms. The van der Waals surface area contributed by atoms with Crippen molar-refractivity contribution in [2.24, 2.45) is 0 Å². The van der Waals surface area contributed by atoms with Crippen molar-refractivity contribution in [3.8, 4) is 0 Å². The van der Waals surface area contributed by atoms with Crippen LogP contribution in [0.15, 0.2) is 54.7 Å². The lowest BCUT2D eigenvalue weighted by atomic mass is 9.98. The highest BCUT2D eigenvalue weighted by molar-refractivity contribution is 6.30. The number of rotatable bonds is 2. The van der Waals surface area contributed by atoms with Crippen molar-refractivity contribution in [3.05, 3.63) is 76.4 Å². The largest absolute Gasteiger partial charge is 0.289 e. The topological polar surface area (TPSA) is 30.0 Å². The normalized spacial score (nSPS) is 10.7. The molecule has 2 aromatic carbocycles. The highest BCUT2D eigenvalue weighted by Gasteiger charge is 2.12. The first kappa shape index (κ1) is 12.8. The fraction of sp³-hybridized carbons (Fsp3) is 0.0588. The first-order chi connectivity index (χ1) is 9.65. The van der Waals surface area contributed by atoms with Gasteiger partial charge in [-0.05, 0) is 42.8 Å². The van der Waals surface area contributed by atoms with Gasteiger partial charge in [-0.1, -0.05) is 29.8 Å². The Morgan fingerprint density at radius 3 is 2.75 bits per heavy atom. The molecule has 0 radical (unpaired) electrons. The Morgan fingerprint density at radius 1 is 1.10 bits per heavy atom. The lowest BCUT2D eigenvalue weighted by Crippen LogP contribution is -2.03. The summed E-state index contributed by atoms with van der Waals surface area (Å²) >= 11 is 5.92. The van der Waals surface area contributed by atoms with Crippen molar-refractivity contribution in [2.45, 2.75) is 6.92 Å². The number of hydrogen-bond acceptors (Lipinski definition) is 2. The SMILES string of the molecule is Cc1cc(Cl)ccc1C(=O)c1ccc2cccnc2c1. The van der Waals surface area contributed by atoms with Crippen LogP contribution in [-0.4, -0.2) is 10.8 Å². The second kappa shape index (κ2) is 5.06. The van der Waals surface area contributed by atoms with E-state index in [0.29, 0.717) is 16.1 Å². The molecule has 20 heavy (non-hydrogen) atoms. The van der Waals surface area contributed by atoms with E-state index in [1.54, 1.807) is 24.4 Å². The number of carbonyl (C=O) groups excluding carboxylic acids is 1. The van der Waals surface area contributed by atoms with E-state index in [1.807, 2.05) is 37.3 Å². The molecule has 98 valence electrons. The standard InChI is InChI=1S/C17H12ClNO/c1-11-9-14(18)6-7-15(11)17(20)13-5-4-12-3-2-8-19-16(12)10-13/h2-10H,1H3. The van der Waals surface area contributed by atoms with Gasteiger partial charge in [0.2, 0.25) is 0 Å². The van der Waals surface area contributed by atoms with E-state index < -0.39 is 0 Å². The molecule has 2 nitrogen and oxygen atoms in total. The molecule has 0 saturated heterocycles. The molecule has 0 aliphatic carbocycles. The average Bonchev–Trinajstić information content (AvgIpc) is 2.46. The van der Waals surface area contributed by atoms with Crippen LogP contribution < -0.4 is 0 Å². The van der Waals surface area contributed by atoms with E-state index in [-0.39, 0.29) is 5.78 Å². The number of aryl methyl sites for hydroxylation is 1. The molecular weight excluding hydrogens is 270 g/mol. The van der Waals surface area contributed by atoms with Gasteiger partial charge in [-0.3, -0.25) is 9.78 Å². The molecule has 0 fully saturated rings. The molecule has 0 amide bonds. The van der Waals surface area contributed by atoms with Crippen LogP contribution >= 0.6 is 11.6 Å². The van der Waals surface area contributed by atoms with Gasteiger partial charge in [-0.25, -0.2) is 0 Å². The zero-order valence-electron chi connectivity index (χ0n) is 10.9. The summed E-state index contributed by atoms with van der Waals surface area (Å²) in [4.78, 5) is 16.8. The lowest BCUT2D eigenvalue weighted by Gasteiger charge is -2.06. The van der Waals surface area contributed by atoms with Gasteiger partial charge in [0.05, 0.1) is 5.52 Å². The number of carbonyl (C=O) groups is 1. The van der Waals surface area contributed by atoms with Crippen molar-refractivity contribution in [1.29, 1.82) is 0 Å². The molecule has 3 rings (SSSR count). The Bertz CT molecular complexity index is 811. The maximum atomic E-state index is 12.6. The van der Waals surface area contributed by atoms with E-state index in [0.717, 1.165) is 16.5 Å². The van der Waals surface area contributed by atoms with Crippen LogP contribution in [0.25, 0.3) is 10.9 Å². The van der Waals surface area contributed by atoms with E-state index >= 15 is 0 Å². The number of halogens is 1. The van der Waals surface area contributed by atoms with Gasteiger partial charge in [-0.2, -0.15) is 0 Å². The second-order valence-corrected chi connectivity index (χ2v) is 5.14. The Hall–Kier alpha value is -2.19. The molecule has 0 unspecified atom stereocenters. The molecule has 0 aliphatic heterocycles. The van der Waals surface area contributed by atoms with Gasteiger partial charge >= 0.3 is 0 Å². The van der Waals surface area contributed by atoms with E-state index in [1.165, 1.54) is 0 Å². The molecule has 0 saturated carbocycles. The number of fused-ring (bicyclic) bond motifs is 1. The van der Waals surface area contributed by atoms with Crippen LogP contribution in [0.1, 0.15) is 21.5 Å². The van der Waals surface area contributed by atoms with Gasteiger partial charge < -0.3 is 0 Å².